The Labute approximate surface area is 149 Å². The van der Waals surface area contributed by atoms with Crippen LogP contribution in [0.25, 0.3) is 11.0 Å². The van der Waals surface area contributed by atoms with Crippen molar-refractivity contribution < 1.29 is 22.7 Å². The lowest BCUT2D eigenvalue weighted by Crippen LogP contribution is -2.37. The van der Waals surface area contributed by atoms with Crippen LogP contribution >= 0.6 is 0 Å². The Morgan fingerprint density at radius 3 is 2.38 bits per heavy atom. The molecule has 1 aliphatic heterocycles. The maximum atomic E-state index is 13.1. The van der Waals surface area contributed by atoms with Gasteiger partial charge in [0, 0.05) is 24.7 Å². The lowest BCUT2D eigenvalue weighted by molar-refractivity contribution is -0.206. The van der Waals surface area contributed by atoms with Gasteiger partial charge in [0.2, 0.25) is 0 Å². The van der Waals surface area contributed by atoms with Gasteiger partial charge in [0.15, 0.2) is 17.4 Å². The molecule has 2 heterocycles. The number of aliphatic hydroxyl groups is 1. The molecule has 1 fully saturated rings. The summed E-state index contributed by atoms with van der Waals surface area (Å²) in [6.45, 7) is 7.20. The van der Waals surface area contributed by atoms with Gasteiger partial charge in [-0.2, -0.15) is 13.2 Å². The lowest BCUT2D eigenvalue weighted by Gasteiger charge is -2.37. The number of aliphatic hydroxyl groups excluding tert-OH is 1. The molecule has 1 aromatic carbocycles. The summed E-state index contributed by atoms with van der Waals surface area (Å²) in [4.78, 5) is 14.4. The van der Waals surface area contributed by atoms with Crippen molar-refractivity contribution in [2.24, 2.45) is 5.41 Å². The Kier molecular flexibility index (Phi) is 4.55. The van der Waals surface area contributed by atoms with Gasteiger partial charge in [-0.05, 0) is 42.9 Å². The molecule has 0 spiro atoms. The smallest absolute Gasteiger partial charge is 0.418 e. The zero-order chi connectivity index (χ0) is 19.3. The molecule has 1 atom stereocenters. The molecule has 142 valence electrons. The summed E-state index contributed by atoms with van der Waals surface area (Å²) >= 11 is 0. The number of hydrogen-bond donors (Lipinski definition) is 1. The van der Waals surface area contributed by atoms with Gasteiger partial charge in [-0.15, -0.1) is 0 Å². The quantitative estimate of drug-likeness (QED) is 0.856. The van der Waals surface area contributed by atoms with Crippen LogP contribution in [-0.2, 0) is 0 Å². The van der Waals surface area contributed by atoms with Crippen LogP contribution in [0.3, 0.4) is 0 Å². The van der Waals surface area contributed by atoms with Crippen LogP contribution in [0.1, 0.15) is 43.9 Å². The fraction of sp³-hybridized carbons (Fsp3) is 0.526. The van der Waals surface area contributed by atoms with Crippen LogP contribution in [-0.4, -0.2) is 24.4 Å². The summed E-state index contributed by atoms with van der Waals surface area (Å²) in [5, 5.41) is 9.79. The van der Waals surface area contributed by atoms with Crippen molar-refractivity contribution in [1.29, 1.82) is 0 Å². The monoisotopic (exact) mass is 369 g/mol. The molecule has 1 N–H and O–H groups in total. The van der Waals surface area contributed by atoms with Gasteiger partial charge in [-0.25, -0.2) is 0 Å². The zero-order valence-electron chi connectivity index (χ0n) is 15.0. The minimum absolute atomic E-state index is 0.0457. The average molecular weight is 369 g/mol. The predicted molar refractivity (Wildman–Crippen MR) is 93.5 cm³/mol. The highest BCUT2D eigenvalue weighted by Gasteiger charge is 2.41. The summed E-state index contributed by atoms with van der Waals surface area (Å²) < 4.78 is 44.9. The number of benzene rings is 1. The van der Waals surface area contributed by atoms with Crippen LogP contribution in [0.15, 0.2) is 27.4 Å². The number of rotatable bonds is 2. The molecule has 3 rings (SSSR count). The molecule has 1 unspecified atom stereocenters. The number of anilines is 1. The van der Waals surface area contributed by atoms with Gasteiger partial charge < -0.3 is 14.4 Å². The van der Waals surface area contributed by atoms with Gasteiger partial charge in [0.1, 0.15) is 5.58 Å². The fourth-order valence-corrected chi connectivity index (χ4v) is 3.29. The SMILES string of the molecule is Cc1cc(C(O)C(F)(F)F)c2oc(N3CCC(C)(C)CC3)cc(=O)c2c1. The van der Waals surface area contributed by atoms with Crippen molar-refractivity contribution in [3.63, 3.8) is 0 Å². The Morgan fingerprint density at radius 1 is 1.19 bits per heavy atom. The molecule has 0 radical (unpaired) electrons. The van der Waals surface area contributed by atoms with Crippen molar-refractivity contribution in [2.75, 3.05) is 18.0 Å². The molecule has 4 nitrogen and oxygen atoms in total. The average Bonchev–Trinajstić information content (AvgIpc) is 2.53. The Morgan fingerprint density at radius 2 is 1.81 bits per heavy atom. The third-order valence-electron chi connectivity index (χ3n) is 5.02. The first-order chi connectivity index (χ1) is 12.0. The summed E-state index contributed by atoms with van der Waals surface area (Å²) in [5.41, 5.74) is -0.403. The lowest BCUT2D eigenvalue weighted by atomic mass is 9.83. The number of nitrogens with zero attached hydrogens (tertiary/aromatic N) is 1. The molecule has 26 heavy (non-hydrogen) atoms. The topological polar surface area (TPSA) is 53.7 Å². The van der Waals surface area contributed by atoms with Crippen molar-refractivity contribution in [1.82, 2.24) is 0 Å². The number of alkyl halides is 3. The normalized spacial score (nSPS) is 19.0. The molecular weight excluding hydrogens is 347 g/mol. The maximum absolute atomic E-state index is 13.1. The summed E-state index contributed by atoms with van der Waals surface area (Å²) in [5.74, 6) is 0.248. The summed E-state index contributed by atoms with van der Waals surface area (Å²) in [6.07, 6.45) is -5.77. The van der Waals surface area contributed by atoms with Gasteiger partial charge in [-0.1, -0.05) is 13.8 Å². The van der Waals surface area contributed by atoms with Crippen molar-refractivity contribution in [2.45, 2.75) is 45.9 Å². The summed E-state index contributed by atoms with van der Waals surface area (Å²) in [7, 11) is 0. The van der Waals surface area contributed by atoms with E-state index in [1.54, 1.807) is 6.92 Å². The highest BCUT2D eigenvalue weighted by molar-refractivity contribution is 5.82. The second-order valence-electron chi connectivity index (χ2n) is 7.78. The molecular formula is C19H22F3NO3. The third-order valence-corrected chi connectivity index (χ3v) is 5.02. The standard InChI is InChI=1S/C19H22F3NO3/c1-11-8-12-14(24)10-15(23-6-4-18(2,3)5-7-23)26-16(12)13(9-11)17(25)19(20,21)22/h8-10,17,25H,4-7H2,1-3H3. The molecule has 0 amide bonds. The van der Waals surface area contributed by atoms with Crippen LogP contribution in [0.4, 0.5) is 19.1 Å². The van der Waals surface area contributed by atoms with E-state index in [2.05, 4.69) is 13.8 Å². The second-order valence-corrected chi connectivity index (χ2v) is 7.78. The zero-order valence-corrected chi connectivity index (χ0v) is 15.0. The molecule has 1 saturated heterocycles. The van der Waals surface area contributed by atoms with E-state index in [0.717, 1.165) is 12.8 Å². The minimum atomic E-state index is -4.84. The van der Waals surface area contributed by atoms with E-state index in [-0.39, 0.29) is 22.3 Å². The highest BCUT2D eigenvalue weighted by Crippen LogP contribution is 2.38. The highest BCUT2D eigenvalue weighted by atomic mass is 19.4. The van der Waals surface area contributed by atoms with Crippen molar-refractivity contribution in [3.05, 3.63) is 39.5 Å². The van der Waals surface area contributed by atoms with Crippen molar-refractivity contribution >= 4 is 16.9 Å². The Bertz CT molecular complexity index is 876. The largest absolute Gasteiger partial charge is 0.440 e. The predicted octanol–water partition coefficient (Wildman–Crippen LogP) is 4.32. The molecule has 0 aliphatic carbocycles. The van der Waals surface area contributed by atoms with E-state index in [9.17, 15) is 23.1 Å². The van der Waals surface area contributed by atoms with Crippen LogP contribution < -0.4 is 10.3 Å². The van der Waals surface area contributed by atoms with E-state index in [1.165, 1.54) is 18.2 Å². The molecule has 2 aromatic rings. The molecule has 1 aromatic heterocycles. The van der Waals surface area contributed by atoms with E-state index >= 15 is 0 Å². The van der Waals surface area contributed by atoms with Crippen molar-refractivity contribution in [3.8, 4) is 0 Å². The molecule has 0 saturated carbocycles. The summed E-state index contributed by atoms with van der Waals surface area (Å²) in [6, 6.07) is 4.02. The van der Waals surface area contributed by atoms with Crippen LogP contribution in [0, 0.1) is 12.3 Å². The molecule has 0 bridgehead atoms. The van der Waals surface area contributed by atoms with E-state index < -0.39 is 23.3 Å². The van der Waals surface area contributed by atoms with Gasteiger partial charge in [0.25, 0.3) is 0 Å². The number of fused-ring (bicyclic) bond motifs is 1. The number of halogens is 3. The minimum Gasteiger partial charge on any atom is -0.440 e. The van der Waals surface area contributed by atoms with Gasteiger partial charge in [0.05, 0.1) is 5.39 Å². The van der Waals surface area contributed by atoms with E-state index in [4.69, 9.17) is 4.42 Å². The van der Waals surface area contributed by atoms with Crippen LogP contribution in [0.5, 0.6) is 0 Å². The number of aryl methyl sites for hydroxylation is 1. The van der Waals surface area contributed by atoms with Gasteiger partial charge in [-0.3, -0.25) is 4.79 Å². The third kappa shape index (κ3) is 3.58. The first kappa shape index (κ1) is 18.8. The Balaban J connectivity index is 2.12. The number of piperidine rings is 1. The molecule has 7 heteroatoms. The number of hydrogen-bond acceptors (Lipinski definition) is 4. The molecule has 1 aliphatic rings. The first-order valence-electron chi connectivity index (χ1n) is 8.56. The van der Waals surface area contributed by atoms with E-state index in [1.807, 2.05) is 4.90 Å². The van der Waals surface area contributed by atoms with E-state index in [0.29, 0.717) is 18.7 Å². The van der Waals surface area contributed by atoms with Gasteiger partial charge >= 0.3 is 6.18 Å². The first-order valence-corrected chi connectivity index (χ1v) is 8.56. The fourth-order valence-electron chi connectivity index (χ4n) is 3.29. The van der Waals surface area contributed by atoms with Crippen LogP contribution in [0.2, 0.25) is 0 Å². The Hall–Kier alpha value is -2.02. The maximum Gasteiger partial charge on any atom is 0.418 e. The second kappa shape index (κ2) is 6.30.